The lowest BCUT2D eigenvalue weighted by atomic mass is 10.0. The summed E-state index contributed by atoms with van der Waals surface area (Å²) in [7, 11) is 0. The van der Waals surface area contributed by atoms with Crippen molar-refractivity contribution < 1.29 is 24.0 Å². The molecule has 0 saturated carbocycles. The smallest absolute Gasteiger partial charge is 0.338 e. The lowest BCUT2D eigenvalue weighted by Gasteiger charge is -2.12. The SMILES string of the molecule is CCOC(=O)c1ccc(OC(C)=O)c(C(C)[N+](=O)[O-])c1. The van der Waals surface area contributed by atoms with Crippen LogP contribution in [0.25, 0.3) is 0 Å². The summed E-state index contributed by atoms with van der Waals surface area (Å²) < 4.78 is 9.74. The molecule has 7 nitrogen and oxygen atoms in total. The van der Waals surface area contributed by atoms with Crippen LogP contribution in [-0.2, 0) is 9.53 Å². The summed E-state index contributed by atoms with van der Waals surface area (Å²) in [5, 5.41) is 10.9. The molecule has 0 aliphatic rings. The van der Waals surface area contributed by atoms with Gasteiger partial charge in [0.1, 0.15) is 5.75 Å². The molecule has 0 bridgehead atoms. The Morgan fingerprint density at radius 1 is 1.40 bits per heavy atom. The van der Waals surface area contributed by atoms with E-state index in [4.69, 9.17) is 9.47 Å². The first-order valence-corrected chi connectivity index (χ1v) is 5.99. The molecular formula is C13H15NO6. The van der Waals surface area contributed by atoms with Gasteiger partial charge in [0.25, 0.3) is 0 Å². The molecule has 1 rings (SSSR count). The second-order valence-electron chi connectivity index (χ2n) is 4.03. The first-order valence-electron chi connectivity index (χ1n) is 5.99. The second-order valence-corrected chi connectivity index (χ2v) is 4.03. The van der Waals surface area contributed by atoms with Gasteiger partial charge in [-0.2, -0.15) is 0 Å². The quantitative estimate of drug-likeness (QED) is 0.355. The molecule has 0 amide bonds. The summed E-state index contributed by atoms with van der Waals surface area (Å²) >= 11 is 0. The fourth-order valence-electron chi connectivity index (χ4n) is 1.58. The highest BCUT2D eigenvalue weighted by Crippen LogP contribution is 2.28. The molecule has 0 saturated heterocycles. The minimum Gasteiger partial charge on any atom is -0.462 e. The number of rotatable bonds is 5. The Balaban J connectivity index is 3.24. The van der Waals surface area contributed by atoms with E-state index in [0.717, 1.165) is 0 Å². The Bertz CT molecular complexity index is 540. The minimum atomic E-state index is -1.11. The lowest BCUT2D eigenvalue weighted by Crippen LogP contribution is -2.13. The van der Waals surface area contributed by atoms with Crippen LogP contribution < -0.4 is 4.74 Å². The van der Waals surface area contributed by atoms with Gasteiger partial charge in [0.2, 0.25) is 6.04 Å². The van der Waals surface area contributed by atoms with Crippen LogP contribution in [0.1, 0.15) is 42.7 Å². The van der Waals surface area contributed by atoms with Gasteiger partial charge >= 0.3 is 11.9 Å². The minimum absolute atomic E-state index is 0.0646. The van der Waals surface area contributed by atoms with Crippen LogP contribution in [0.2, 0.25) is 0 Å². The van der Waals surface area contributed by atoms with Crippen molar-refractivity contribution in [3.05, 3.63) is 39.4 Å². The van der Waals surface area contributed by atoms with Gasteiger partial charge in [0.05, 0.1) is 17.7 Å². The van der Waals surface area contributed by atoms with Crippen molar-refractivity contribution in [1.29, 1.82) is 0 Å². The van der Waals surface area contributed by atoms with E-state index in [2.05, 4.69) is 0 Å². The molecule has 0 N–H and O–H groups in total. The molecule has 1 atom stereocenters. The van der Waals surface area contributed by atoms with E-state index >= 15 is 0 Å². The number of benzene rings is 1. The molecule has 0 radical (unpaired) electrons. The zero-order chi connectivity index (χ0) is 15.3. The van der Waals surface area contributed by atoms with E-state index < -0.39 is 22.9 Å². The number of esters is 2. The van der Waals surface area contributed by atoms with Crippen molar-refractivity contribution in [3.8, 4) is 5.75 Å². The Morgan fingerprint density at radius 3 is 2.55 bits per heavy atom. The number of carbonyl (C=O) groups is 2. The molecular weight excluding hydrogens is 266 g/mol. The third-order valence-corrected chi connectivity index (χ3v) is 2.54. The Labute approximate surface area is 115 Å². The maximum Gasteiger partial charge on any atom is 0.338 e. The highest BCUT2D eigenvalue weighted by Gasteiger charge is 2.24. The highest BCUT2D eigenvalue weighted by molar-refractivity contribution is 5.90. The standard InChI is InChI=1S/C13H15NO6/c1-4-19-13(16)10-5-6-12(20-9(3)15)11(7-10)8(2)14(17)18/h5-8H,4H2,1-3H3. The van der Waals surface area contributed by atoms with Crippen molar-refractivity contribution in [1.82, 2.24) is 0 Å². The predicted octanol–water partition coefficient (Wildman–Crippen LogP) is 2.13. The van der Waals surface area contributed by atoms with E-state index in [0.29, 0.717) is 0 Å². The average Bonchev–Trinajstić information content (AvgIpc) is 2.37. The maximum atomic E-state index is 11.6. The van der Waals surface area contributed by atoms with Crippen molar-refractivity contribution in [2.24, 2.45) is 0 Å². The molecule has 0 aliphatic heterocycles. The second kappa shape index (κ2) is 6.65. The monoisotopic (exact) mass is 281 g/mol. The summed E-state index contributed by atoms with van der Waals surface area (Å²) in [6, 6.07) is 2.94. The van der Waals surface area contributed by atoms with Crippen LogP contribution in [0, 0.1) is 10.1 Å². The third kappa shape index (κ3) is 3.78. The number of hydrogen-bond acceptors (Lipinski definition) is 6. The van der Waals surface area contributed by atoms with Crippen molar-refractivity contribution >= 4 is 11.9 Å². The Kier molecular flexibility index (Phi) is 5.19. The van der Waals surface area contributed by atoms with Crippen LogP contribution in [0.4, 0.5) is 0 Å². The molecule has 0 aliphatic carbocycles. The summed E-state index contributed by atoms with van der Waals surface area (Å²) in [6.45, 7) is 4.40. The normalized spacial score (nSPS) is 11.6. The predicted molar refractivity (Wildman–Crippen MR) is 69.1 cm³/mol. The van der Waals surface area contributed by atoms with E-state index in [1.807, 2.05) is 0 Å². The summed E-state index contributed by atoms with van der Waals surface area (Å²) in [6.07, 6.45) is 0. The largest absolute Gasteiger partial charge is 0.462 e. The van der Waals surface area contributed by atoms with Crippen molar-refractivity contribution in [2.45, 2.75) is 26.8 Å². The van der Waals surface area contributed by atoms with Crippen LogP contribution >= 0.6 is 0 Å². The summed E-state index contributed by atoms with van der Waals surface area (Å²) in [4.78, 5) is 33.0. The fraction of sp³-hybridized carbons (Fsp3) is 0.385. The van der Waals surface area contributed by atoms with Gasteiger partial charge < -0.3 is 9.47 Å². The van der Waals surface area contributed by atoms with Crippen molar-refractivity contribution in [3.63, 3.8) is 0 Å². The van der Waals surface area contributed by atoms with Crippen LogP contribution in [0.3, 0.4) is 0 Å². The topological polar surface area (TPSA) is 95.7 Å². The fourth-order valence-corrected chi connectivity index (χ4v) is 1.58. The molecule has 7 heteroatoms. The van der Waals surface area contributed by atoms with E-state index in [-0.39, 0.29) is 23.5 Å². The summed E-state index contributed by atoms with van der Waals surface area (Å²) in [5.74, 6) is -1.11. The Hall–Kier alpha value is -2.44. The summed E-state index contributed by atoms with van der Waals surface area (Å²) in [5.41, 5.74) is 0.321. The molecule has 0 heterocycles. The van der Waals surface area contributed by atoms with Gasteiger partial charge in [-0.1, -0.05) is 0 Å². The van der Waals surface area contributed by atoms with Gasteiger partial charge in [-0.15, -0.1) is 0 Å². The Morgan fingerprint density at radius 2 is 2.05 bits per heavy atom. The zero-order valence-electron chi connectivity index (χ0n) is 11.4. The molecule has 0 aromatic heterocycles. The number of ether oxygens (including phenoxy) is 2. The van der Waals surface area contributed by atoms with Crippen LogP contribution in [0.15, 0.2) is 18.2 Å². The van der Waals surface area contributed by atoms with Gasteiger partial charge in [-0.3, -0.25) is 14.9 Å². The highest BCUT2D eigenvalue weighted by atomic mass is 16.6. The zero-order valence-corrected chi connectivity index (χ0v) is 11.4. The third-order valence-electron chi connectivity index (χ3n) is 2.54. The molecule has 0 fully saturated rings. The lowest BCUT2D eigenvalue weighted by molar-refractivity contribution is -0.524. The molecule has 1 unspecified atom stereocenters. The molecule has 108 valence electrons. The van der Waals surface area contributed by atoms with Crippen LogP contribution in [0.5, 0.6) is 5.75 Å². The van der Waals surface area contributed by atoms with E-state index in [1.165, 1.54) is 32.0 Å². The average molecular weight is 281 g/mol. The molecule has 1 aromatic rings. The van der Waals surface area contributed by atoms with Crippen LogP contribution in [-0.4, -0.2) is 23.5 Å². The molecule has 20 heavy (non-hydrogen) atoms. The first kappa shape index (κ1) is 15.6. The van der Waals surface area contributed by atoms with E-state index in [1.54, 1.807) is 6.92 Å². The number of hydrogen-bond donors (Lipinski definition) is 0. The van der Waals surface area contributed by atoms with Gasteiger partial charge in [-0.25, -0.2) is 4.79 Å². The van der Waals surface area contributed by atoms with Gasteiger partial charge in [-0.05, 0) is 25.1 Å². The number of nitro groups is 1. The number of nitrogens with zero attached hydrogens (tertiary/aromatic N) is 1. The van der Waals surface area contributed by atoms with Crippen molar-refractivity contribution in [2.75, 3.05) is 6.61 Å². The molecule has 1 aromatic carbocycles. The first-order chi connectivity index (χ1) is 9.36. The maximum absolute atomic E-state index is 11.6. The number of carbonyl (C=O) groups excluding carboxylic acids is 2. The molecule has 0 spiro atoms. The van der Waals surface area contributed by atoms with E-state index in [9.17, 15) is 19.7 Å². The van der Waals surface area contributed by atoms with Gasteiger partial charge in [0.15, 0.2) is 0 Å². The van der Waals surface area contributed by atoms with Gasteiger partial charge in [0, 0.05) is 18.8 Å².